The summed E-state index contributed by atoms with van der Waals surface area (Å²) in [5.41, 5.74) is 6.89. The highest BCUT2D eigenvalue weighted by Crippen LogP contribution is 2.31. The minimum atomic E-state index is 0.0234. The molecule has 1 fully saturated rings. The number of H-pyrrole nitrogens is 1. The average Bonchev–Trinajstić information content (AvgIpc) is 3.23. The average molecular weight is 479 g/mol. The van der Waals surface area contributed by atoms with Crippen molar-refractivity contribution in [1.82, 2.24) is 15.2 Å². The minimum Gasteiger partial charge on any atom is -0.368 e. The lowest BCUT2D eigenvalue weighted by molar-refractivity contribution is 0.0824. The summed E-state index contributed by atoms with van der Waals surface area (Å²) < 4.78 is 0. The van der Waals surface area contributed by atoms with Gasteiger partial charge in [0.2, 0.25) is 0 Å². The maximum Gasteiger partial charge on any atom is 0.252 e. The normalized spacial score (nSPS) is 17.6. The molecule has 5 rings (SSSR count). The van der Waals surface area contributed by atoms with E-state index in [0.29, 0.717) is 0 Å². The van der Waals surface area contributed by atoms with Gasteiger partial charge in [-0.05, 0) is 74.4 Å². The van der Waals surface area contributed by atoms with Crippen LogP contribution in [0.25, 0.3) is 10.9 Å². The second-order valence-corrected chi connectivity index (χ2v) is 10.1. The van der Waals surface area contributed by atoms with Crippen LogP contribution in [-0.2, 0) is 12.8 Å². The van der Waals surface area contributed by atoms with Crippen molar-refractivity contribution in [3.05, 3.63) is 63.8 Å². The zero-order valence-corrected chi connectivity index (χ0v) is 21.0. The summed E-state index contributed by atoms with van der Waals surface area (Å²) in [6.45, 7) is 7.84. The number of hydrogen-bond donors (Lipinski definition) is 2. The molecular weight excluding hydrogens is 444 g/mol. The van der Waals surface area contributed by atoms with Gasteiger partial charge in [0.15, 0.2) is 0 Å². The summed E-state index contributed by atoms with van der Waals surface area (Å²) in [5.74, 6) is 0.0234. The molecular formula is C28H35ClN4O. The Morgan fingerprint density at radius 2 is 1.91 bits per heavy atom. The third-order valence-corrected chi connectivity index (χ3v) is 7.98. The summed E-state index contributed by atoms with van der Waals surface area (Å²) >= 11 is 6.57. The van der Waals surface area contributed by atoms with Gasteiger partial charge in [0, 0.05) is 48.3 Å². The maximum atomic E-state index is 13.3. The Hall–Kier alpha value is -2.50. The van der Waals surface area contributed by atoms with Gasteiger partial charge in [0.25, 0.3) is 5.91 Å². The zero-order chi connectivity index (χ0) is 23.7. The molecule has 180 valence electrons. The number of hydrogen-bond acceptors (Lipinski definition) is 3. The number of carbonyl (C=O) groups excluding carboxylic acids is 1. The number of aromatic nitrogens is 1. The number of anilines is 1. The lowest BCUT2D eigenvalue weighted by Crippen LogP contribution is -2.56. The predicted molar refractivity (Wildman–Crippen MR) is 141 cm³/mol. The number of nitrogens with one attached hydrogen (secondary N) is 2. The van der Waals surface area contributed by atoms with Crippen molar-refractivity contribution in [2.75, 3.05) is 31.1 Å². The molecule has 2 aromatic carbocycles. The first-order valence-corrected chi connectivity index (χ1v) is 13.1. The van der Waals surface area contributed by atoms with Crippen molar-refractivity contribution in [1.29, 1.82) is 0 Å². The Kier molecular flexibility index (Phi) is 6.84. The molecule has 1 saturated heterocycles. The highest BCUT2D eigenvalue weighted by molar-refractivity contribution is 6.34. The Labute approximate surface area is 207 Å². The quantitative estimate of drug-likeness (QED) is 0.478. The van der Waals surface area contributed by atoms with E-state index in [2.05, 4.69) is 64.3 Å². The predicted octanol–water partition coefficient (Wildman–Crippen LogP) is 5.69. The molecule has 1 atom stereocenters. The van der Waals surface area contributed by atoms with Crippen LogP contribution in [0.3, 0.4) is 0 Å². The van der Waals surface area contributed by atoms with Crippen LogP contribution in [0.15, 0.2) is 36.4 Å². The van der Waals surface area contributed by atoms with Crippen molar-refractivity contribution in [3.8, 4) is 0 Å². The van der Waals surface area contributed by atoms with Gasteiger partial charge in [0.05, 0.1) is 16.9 Å². The molecule has 1 aromatic heterocycles. The van der Waals surface area contributed by atoms with Crippen LogP contribution < -0.4 is 10.2 Å². The van der Waals surface area contributed by atoms with Crippen LogP contribution in [-0.4, -0.2) is 48.1 Å². The molecule has 34 heavy (non-hydrogen) atoms. The topological polar surface area (TPSA) is 51.4 Å². The first kappa shape index (κ1) is 23.3. The molecule has 6 heteroatoms. The largest absolute Gasteiger partial charge is 0.368 e. The van der Waals surface area contributed by atoms with Gasteiger partial charge in [-0.2, -0.15) is 0 Å². The monoisotopic (exact) mass is 478 g/mol. The lowest BCUT2D eigenvalue weighted by Gasteiger charge is -2.40. The van der Waals surface area contributed by atoms with E-state index < -0.39 is 0 Å². The first-order valence-electron chi connectivity index (χ1n) is 12.7. The molecule has 3 aromatic rings. The second-order valence-electron chi connectivity index (χ2n) is 9.76. The fourth-order valence-electron chi connectivity index (χ4n) is 5.55. The van der Waals surface area contributed by atoms with Gasteiger partial charge in [-0.25, -0.2) is 0 Å². The van der Waals surface area contributed by atoms with Crippen molar-refractivity contribution in [2.24, 2.45) is 0 Å². The van der Waals surface area contributed by atoms with Gasteiger partial charge in [-0.15, -0.1) is 0 Å². The Bertz CT molecular complexity index is 1180. The summed E-state index contributed by atoms with van der Waals surface area (Å²) in [5, 5.41) is 5.41. The smallest absolute Gasteiger partial charge is 0.252 e. The molecule has 2 N–H and O–H groups in total. The van der Waals surface area contributed by atoms with E-state index in [0.717, 1.165) is 79.2 Å². The van der Waals surface area contributed by atoms with Crippen molar-refractivity contribution >= 4 is 34.1 Å². The van der Waals surface area contributed by atoms with Crippen molar-refractivity contribution in [3.63, 3.8) is 0 Å². The van der Waals surface area contributed by atoms with E-state index in [4.69, 9.17) is 11.6 Å². The van der Waals surface area contributed by atoms with Crippen LogP contribution in [0.2, 0.25) is 5.02 Å². The second kappa shape index (κ2) is 10.0. The number of nitrogens with zero attached hydrogens (tertiary/aromatic N) is 2. The molecule has 2 aliphatic rings. The Balaban J connectivity index is 1.27. The van der Waals surface area contributed by atoms with Crippen LogP contribution in [0.1, 0.15) is 59.8 Å². The number of aromatic amines is 1. The molecule has 0 spiro atoms. The fraction of sp³-hybridized carbons (Fsp3) is 0.464. The van der Waals surface area contributed by atoms with Gasteiger partial charge >= 0.3 is 0 Å². The number of rotatable bonds is 6. The molecule has 1 unspecified atom stereocenters. The third-order valence-electron chi connectivity index (χ3n) is 7.49. The SMILES string of the molecule is CCCC(NC(=O)c1ccc2[nH]c3c(c2c1)CCCC3)N1CCN(c2cccc(C)c2Cl)CC1. The number of aryl methyl sites for hydroxylation is 3. The molecule has 1 aliphatic carbocycles. The van der Waals surface area contributed by atoms with Gasteiger partial charge in [-0.1, -0.05) is 37.1 Å². The summed E-state index contributed by atoms with van der Waals surface area (Å²) in [7, 11) is 0. The molecule has 0 radical (unpaired) electrons. The van der Waals surface area contributed by atoms with Crippen molar-refractivity contribution in [2.45, 2.75) is 58.5 Å². The van der Waals surface area contributed by atoms with Crippen LogP contribution in [0.5, 0.6) is 0 Å². The van der Waals surface area contributed by atoms with Crippen molar-refractivity contribution < 1.29 is 4.79 Å². The molecule has 2 heterocycles. The van der Waals surface area contributed by atoms with E-state index >= 15 is 0 Å². The Morgan fingerprint density at radius 1 is 1.12 bits per heavy atom. The van der Waals surface area contributed by atoms with E-state index in [1.165, 1.54) is 29.5 Å². The van der Waals surface area contributed by atoms with E-state index in [-0.39, 0.29) is 12.1 Å². The number of halogens is 1. The van der Waals surface area contributed by atoms with Crippen LogP contribution in [0.4, 0.5) is 5.69 Å². The fourth-order valence-corrected chi connectivity index (χ4v) is 5.80. The van der Waals surface area contributed by atoms with Gasteiger partial charge in [0.1, 0.15) is 0 Å². The minimum absolute atomic E-state index is 0.0234. The zero-order valence-electron chi connectivity index (χ0n) is 20.3. The van der Waals surface area contributed by atoms with Crippen LogP contribution >= 0.6 is 11.6 Å². The highest BCUT2D eigenvalue weighted by atomic mass is 35.5. The van der Waals surface area contributed by atoms with Gasteiger partial charge < -0.3 is 15.2 Å². The van der Waals surface area contributed by atoms with E-state index in [1.54, 1.807) is 0 Å². The molecule has 5 nitrogen and oxygen atoms in total. The first-order chi connectivity index (χ1) is 16.5. The highest BCUT2D eigenvalue weighted by Gasteiger charge is 2.26. The summed E-state index contributed by atoms with van der Waals surface area (Å²) in [4.78, 5) is 21.6. The lowest BCUT2D eigenvalue weighted by atomic mass is 9.95. The number of carbonyl (C=O) groups is 1. The molecule has 0 bridgehead atoms. The maximum absolute atomic E-state index is 13.3. The molecule has 1 amide bonds. The third kappa shape index (κ3) is 4.56. The number of piperazine rings is 1. The standard InChI is InChI=1S/C28H35ClN4O/c1-3-7-26(33-16-14-32(15-17-33)25-11-6-8-19(2)27(25)29)31-28(34)20-12-13-24-22(18-20)21-9-4-5-10-23(21)30-24/h6,8,11-13,18,26,30H,3-5,7,9-10,14-17H2,1-2H3,(H,31,34). The summed E-state index contributed by atoms with van der Waals surface area (Å²) in [6, 6.07) is 12.3. The molecule has 0 saturated carbocycles. The number of fused-ring (bicyclic) bond motifs is 3. The van der Waals surface area contributed by atoms with Gasteiger partial charge in [-0.3, -0.25) is 9.69 Å². The van der Waals surface area contributed by atoms with Crippen LogP contribution in [0, 0.1) is 6.92 Å². The van der Waals surface area contributed by atoms with E-state index in [9.17, 15) is 4.79 Å². The number of amides is 1. The Morgan fingerprint density at radius 3 is 2.71 bits per heavy atom. The summed E-state index contributed by atoms with van der Waals surface area (Å²) in [6.07, 6.45) is 6.71. The molecule has 1 aliphatic heterocycles. The van der Waals surface area contributed by atoms with E-state index in [1.807, 2.05) is 6.07 Å². The number of benzene rings is 2.